The second-order valence-electron chi connectivity index (χ2n) is 1.35. The van der Waals surface area contributed by atoms with Crippen LogP contribution in [0.4, 0.5) is 0 Å². The van der Waals surface area contributed by atoms with E-state index in [1.54, 1.807) is 0 Å². The van der Waals surface area contributed by atoms with E-state index in [1.165, 1.54) is 13.1 Å². The summed E-state index contributed by atoms with van der Waals surface area (Å²) in [5, 5.41) is 10.6. The topological polar surface area (TPSA) is 120 Å². The van der Waals surface area contributed by atoms with E-state index in [0.29, 0.717) is 0 Å². The van der Waals surface area contributed by atoms with Gasteiger partial charge in [-0.25, -0.2) is 0 Å². The summed E-state index contributed by atoms with van der Waals surface area (Å²) in [5.41, 5.74) is 4.57. The molecule has 1 aliphatic rings. The standard InChI is InChI=1S/C2H5NO2.C2H5N.H3N/c3-1-2(4)5;1-2-3-1;/h1,3H2,(H,4,5);3H,1-2H2;1H3. The van der Waals surface area contributed by atoms with Crippen LogP contribution in [0.2, 0.25) is 0 Å². The van der Waals surface area contributed by atoms with Gasteiger partial charge in [0.2, 0.25) is 0 Å². The molecule has 0 unspecified atom stereocenters. The largest absolute Gasteiger partial charge is 0.480 e. The van der Waals surface area contributed by atoms with E-state index in [1.807, 2.05) is 0 Å². The van der Waals surface area contributed by atoms with E-state index < -0.39 is 5.97 Å². The van der Waals surface area contributed by atoms with Gasteiger partial charge < -0.3 is 22.3 Å². The molecule has 0 radical (unpaired) electrons. The molecule has 7 N–H and O–H groups in total. The molecular formula is C4H13N3O2. The minimum absolute atomic E-state index is 0. The minimum Gasteiger partial charge on any atom is -0.480 e. The van der Waals surface area contributed by atoms with E-state index in [0.717, 1.165) is 0 Å². The molecule has 56 valence electrons. The summed E-state index contributed by atoms with van der Waals surface area (Å²) in [5.74, 6) is -0.968. The number of rotatable bonds is 1. The summed E-state index contributed by atoms with van der Waals surface area (Å²) in [6.07, 6.45) is 0. The lowest BCUT2D eigenvalue weighted by molar-refractivity contribution is -0.135. The van der Waals surface area contributed by atoms with Crippen LogP contribution in [0, 0.1) is 0 Å². The Morgan fingerprint density at radius 1 is 1.67 bits per heavy atom. The molecule has 9 heavy (non-hydrogen) atoms. The van der Waals surface area contributed by atoms with Crippen molar-refractivity contribution in [2.75, 3.05) is 19.6 Å². The zero-order valence-corrected chi connectivity index (χ0v) is 5.26. The second-order valence-corrected chi connectivity index (χ2v) is 1.35. The molecule has 0 aromatic carbocycles. The SMILES string of the molecule is C1CN1.N.NCC(=O)O. The van der Waals surface area contributed by atoms with Gasteiger partial charge in [0.05, 0.1) is 6.54 Å². The fourth-order valence-corrected chi connectivity index (χ4v) is 0. The highest BCUT2D eigenvalue weighted by Gasteiger charge is 1.91. The molecule has 0 atom stereocenters. The first-order valence-corrected chi connectivity index (χ1v) is 2.40. The minimum atomic E-state index is -0.968. The monoisotopic (exact) mass is 135 g/mol. The van der Waals surface area contributed by atoms with Crippen LogP contribution in [0.5, 0.6) is 0 Å². The van der Waals surface area contributed by atoms with Gasteiger partial charge in [-0.05, 0) is 0 Å². The second kappa shape index (κ2) is 7.35. The highest BCUT2D eigenvalue weighted by atomic mass is 16.4. The summed E-state index contributed by atoms with van der Waals surface area (Å²) in [6, 6.07) is 0. The Balaban J connectivity index is 0. The molecule has 1 fully saturated rings. The summed E-state index contributed by atoms with van der Waals surface area (Å²) in [4.78, 5) is 9.24. The Bertz CT molecular complexity index is 71.5. The van der Waals surface area contributed by atoms with Crippen LogP contribution in [0.3, 0.4) is 0 Å². The number of carboxylic acids is 1. The van der Waals surface area contributed by atoms with Gasteiger partial charge in [0.15, 0.2) is 0 Å². The molecular weight excluding hydrogens is 122 g/mol. The van der Waals surface area contributed by atoms with Gasteiger partial charge in [-0.15, -0.1) is 0 Å². The van der Waals surface area contributed by atoms with Crippen molar-refractivity contribution in [3.05, 3.63) is 0 Å². The first-order valence-electron chi connectivity index (χ1n) is 2.40. The van der Waals surface area contributed by atoms with Crippen molar-refractivity contribution in [1.29, 1.82) is 0 Å². The van der Waals surface area contributed by atoms with Crippen LogP contribution >= 0.6 is 0 Å². The Labute approximate surface area is 53.8 Å². The highest BCUT2D eigenvalue weighted by molar-refractivity contribution is 5.68. The Morgan fingerprint density at radius 3 is 1.89 bits per heavy atom. The van der Waals surface area contributed by atoms with Crippen molar-refractivity contribution >= 4 is 5.97 Å². The number of nitrogens with two attached hydrogens (primary N) is 1. The number of nitrogens with one attached hydrogen (secondary N) is 1. The van der Waals surface area contributed by atoms with Crippen molar-refractivity contribution in [2.24, 2.45) is 5.73 Å². The third-order valence-electron chi connectivity index (χ3n) is 0.425. The smallest absolute Gasteiger partial charge is 0.317 e. The van der Waals surface area contributed by atoms with E-state index in [-0.39, 0.29) is 12.7 Å². The van der Waals surface area contributed by atoms with Gasteiger partial charge in [0, 0.05) is 13.1 Å². The maximum Gasteiger partial charge on any atom is 0.317 e. The molecule has 1 rings (SSSR count). The molecule has 0 aliphatic carbocycles. The molecule has 5 heteroatoms. The zero-order chi connectivity index (χ0) is 6.41. The average Bonchev–Trinajstić information content (AvgIpc) is 2.48. The van der Waals surface area contributed by atoms with E-state index >= 15 is 0 Å². The Kier molecular flexibility index (Phi) is 9.14. The van der Waals surface area contributed by atoms with Crippen molar-refractivity contribution in [1.82, 2.24) is 11.5 Å². The van der Waals surface area contributed by atoms with Gasteiger partial charge in [0.1, 0.15) is 0 Å². The Hall–Kier alpha value is -0.650. The maximum absolute atomic E-state index is 9.24. The van der Waals surface area contributed by atoms with Crippen molar-refractivity contribution < 1.29 is 9.90 Å². The van der Waals surface area contributed by atoms with Crippen LogP contribution in [0.15, 0.2) is 0 Å². The normalized spacial score (nSPS) is 12.1. The number of hydrogen-bond acceptors (Lipinski definition) is 4. The predicted octanol–water partition coefficient (Wildman–Crippen LogP) is -1.22. The average molecular weight is 135 g/mol. The van der Waals surface area contributed by atoms with Crippen molar-refractivity contribution in [2.45, 2.75) is 0 Å². The first-order chi connectivity index (χ1) is 3.77. The molecule has 0 spiro atoms. The summed E-state index contributed by atoms with van der Waals surface area (Å²) >= 11 is 0. The van der Waals surface area contributed by atoms with E-state index in [2.05, 4.69) is 11.1 Å². The Morgan fingerprint density at radius 2 is 1.89 bits per heavy atom. The van der Waals surface area contributed by atoms with Crippen LogP contribution < -0.4 is 17.2 Å². The van der Waals surface area contributed by atoms with Crippen LogP contribution in [0.1, 0.15) is 0 Å². The highest BCUT2D eigenvalue weighted by Crippen LogP contribution is 1.65. The summed E-state index contributed by atoms with van der Waals surface area (Å²) < 4.78 is 0. The van der Waals surface area contributed by atoms with Crippen LogP contribution in [-0.2, 0) is 4.79 Å². The number of carbonyl (C=O) groups is 1. The quantitative estimate of drug-likeness (QED) is 0.336. The predicted molar refractivity (Wildman–Crippen MR) is 34.6 cm³/mol. The fraction of sp³-hybridized carbons (Fsp3) is 0.750. The molecule has 0 saturated carbocycles. The lowest BCUT2D eigenvalue weighted by atomic mass is 10.7. The lowest BCUT2D eigenvalue weighted by Crippen LogP contribution is -2.10. The molecule has 0 amide bonds. The van der Waals surface area contributed by atoms with Gasteiger partial charge in [-0.1, -0.05) is 0 Å². The van der Waals surface area contributed by atoms with E-state index in [4.69, 9.17) is 5.11 Å². The number of carboxylic acid groups (broad SMARTS) is 1. The van der Waals surface area contributed by atoms with Crippen LogP contribution in [0.25, 0.3) is 0 Å². The van der Waals surface area contributed by atoms with Gasteiger partial charge in [0.25, 0.3) is 0 Å². The summed E-state index contributed by atoms with van der Waals surface area (Å²) in [6.45, 7) is 2.22. The molecule has 5 nitrogen and oxygen atoms in total. The molecule has 1 aliphatic heterocycles. The molecule has 1 saturated heterocycles. The van der Waals surface area contributed by atoms with Crippen LogP contribution in [-0.4, -0.2) is 30.7 Å². The lowest BCUT2D eigenvalue weighted by Gasteiger charge is -1.73. The van der Waals surface area contributed by atoms with Crippen molar-refractivity contribution in [3.8, 4) is 0 Å². The van der Waals surface area contributed by atoms with Crippen molar-refractivity contribution in [3.63, 3.8) is 0 Å². The molecule has 0 bridgehead atoms. The third kappa shape index (κ3) is 38.1. The number of hydrogen-bond donors (Lipinski definition) is 4. The van der Waals surface area contributed by atoms with E-state index in [9.17, 15) is 4.79 Å². The number of aliphatic carboxylic acids is 1. The fourth-order valence-electron chi connectivity index (χ4n) is 0. The van der Waals surface area contributed by atoms with Gasteiger partial charge >= 0.3 is 5.97 Å². The summed E-state index contributed by atoms with van der Waals surface area (Å²) in [7, 11) is 0. The van der Waals surface area contributed by atoms with Gasteiger partial charge in [-0.2, -0.15) is 0 Å². The molecule has 0 aromatic heterocycles. The molecule has 1 heterocycles. The maximum atomic E-state index is 9.24. The molecule has 0 aromatic rings. The first kappa shape index (κ1) is 11.2. The third-order valence-corrected chi connectivity index (χ3v) is 0.425. The zero-order valence-electron chi connectivity index (χ0n) is 5.26. The van der Waals surface area contributed by atoms with Gasteiger partial charge in [-0.3, -0.25) is 4.79 Å².